The largest absolute Gasteiger partial charge is 0.455 e. The molecule has 0 saturated heterocycles. The van der Waals surface area contributed by atoms with Crippen LogP contribution in [0.5, 0.6) is 0 Å². The predicted molar refractivity (Wildman–Crippen MR) is 94.7 cm³/mol. The van der Waals surface area contributed by atoms with Crippen LogP contribution in [0.15, 0.2) is 0 Å². The zero-order valence-corrected chi connectivity index (χ0v) is 18.2. The van der Waals surface area contributed by atoms with Gasteiger partial charge in [0.15, 0.2) is 0 Å². The third kappa shape index (κ3) is 7.46. The molecule has 0 unspecified atom stereocenters. The van der Waals surface area contributed by atoms with Gasteiger partial charge >= 0.3 is 35.9 Å². The number of carbonyl (C=O) groups is 2. The summed E-state index contributed by atoms with van der Waals surface area (Å²) in [5.74, 6) is -12.9. The fourth-order valence-electron chi connectivity index (χ4n) is 2.05. The van der Waals surface area contributed by atoms with Gasteiger partial charge in [0.05, 0.1) is 26.4 Å². The molecule has 0 saturated carbocycles. The lowest BCUT2D eigenvalue weighted by molar-refractivity contribution is -0.399. The second-order valence-corrected chi connectivity index (χ2v) is 6.36. The minimum atomic E-state index is -5.51. The Balaban J connectivity index is 5.89. The van der Waals surface area contributed by atoms with E-state index in [1.807, 2.05) is 0 Å². The minimum absolute atomic E-state index is 0.0211. The summed E-state index contributed by atoms with van der Waals surface area (Å²) in [5.41, 5.74) is 0. The fraction of sp³-hybridized carbons (Fsp3) is 0.889. The van der Waals surface area contributed by atoms with Crippen LogP contribution in [0.1, 0.15) is 53.4 Å². The number of rotatable bonds is 14. The number of carbonyl (C=O) groups excluding carboxylic acids is 2. The maximum Gasteiger partial charge on any atom is 0.455 e. The van der Waals surface area contributed by atoms with E-state index < -0.39 is 62.3 Å². The van der Waals surface area contributed by atoms with Gasteiger partial charge in [-0.1, -0.05) is 27.7 Å². The van der Waals surface area contributed by atoms with Gasteiger partial charge in [0.1, 0.15) is 0 Å². The van der Waals surface area contributed by atoms with Crippen molar-refractivity contribution in [2.75, 3.05) is 26.4 Å². The molecule has 0 heterocycles. The molecule has 0 aromatic rings. The topological polar surface area (TPSA) is 89.5 Å². The first-order valence-corrected chi connectivity index (χ1v) is 9.92. The van der Waals surface area contributed by atoms with E-state index in [2.05, 4.69) is 28.7 Å². The lowest BCUT2D eigenvalue weighted by atomic mass is 10.2. The Bertz CT molecular complexity index is 513. The van der Waals surface area contributed by atoms with Crippen LogP contribution in [0.3, 0.4) is 0 Å². The van der Waals surface area contributed by atoms with Gasteiger partial charge in [-0.05, 0) is 25.7 Å². The molecule has 190 valence electrons. The monoisotopic (exact) mass is 486 g/mol. The predicted octanol–water partition coefficient (Wildman–Crippen LogP) is 4.21. The van der Waals surface area contributed by atoms with Crippen molar-refractivity contribution >= 4 is 11.9 Å². The van der Waals surface area contributed by atoms with E-state index in [9.17, 15) is 35.9 Å². The van der Waals surface area contributed by atoms with Gasteiger partial charge in [-0.3, -0.25) is 0 Å². The number of alkyl halides is 6. The molecule has 14 heteroatoms. The summed E-state index contributed by atoms with van der Waals surface area (Å²) < 4.78 is 99.9. The van der Waals surface area contributed by atoms with E-state index in [0.29, 0.717) is 0 Å². The molecule has 0 atom stereocenters. The molecule has 0 aliphatic rings. The Kier molecular flexibility index (Phi) is 12.5. The standard InChI is InChI=1S/C18H28F6O8/c1-5-9-27-15(17(19,20)21,28-10-6-2)13(25)31-32-14(26)16(18(22,23)24,29-11-7-3)30-12-8-4/h5-12H2,1-4H3. The summed E-state index contributed by atoms with van der Waals surface area (Å²) in [6.45, 7) is 3.21. The van der Waals surface area contributed by atoms with Gasteiger partial charge in [0, 0.05) is 0 Å². The number of hydrogen-bond acceptors (Lipinski definition) is 8. The van der Waals surface area contributed by atoms with Gasteiger partial charge < -0.3 is 18.9 Å². The molecule has 8 nitrogen and oxygen atoms in total. The van der Waals surface area contributed by atoms with E-state index in [1.165, 1.54) is 27.7 Å². The zero-order valence-electron chi connectivity index (χ0n) is 18.2. The molecule has 0 amide bonds. The SMILES string of the molecule is CCCOC(OCCC)(C(=O)OOC(=O)C(OCCC)(OCCC)C(F)(F)F)C(F)(F)F. The van der Waals surface area contributed by atoms with Crippen LogP contribution in [0.25, 0.3) is 0 Å². The second-order valence-electron chi connectivity index (χ2n) is 6.36. The molecular formula is C18H28F6O8. The lowest BCUT2D eigenvalue weighted by Gasteiger charge is -2.33. The molecular weight excluding hydrogens is 458 g/mol. The Labute approximate surface area is 181 Å². The molecule has 0 aliphatic heterocycles. The average Bonchev–Trinajstić information content (AvgIpc) is 2.70. The molecule has 0 spiro atoms. The Morgan fingerprint density at radius 2 is 0.750 bits per heavy atom. The first-order valence-electron chi connectivity index (χ1n) is 9.92. The molecule has 32 heavy (non-hydrogen) atoms. The first-order chi connectivity index (χ1) is 14.8. The Morgan fingerprint density at radius 3 is 0.906 bits per heavy atom. The first kappa shape index (κ1) is 30.4. The highest BCUT2D eigenvalue weighted by atomic mass is 19.4. The third-order valence-corrected chi connectivity index (χ3v) is 3.51. The van der Waals surface area contributed by atoms with Crippen molar-refractivity contribution in [2.45, 2.75) is 77.3 Å². The van der Waals surface area contributed by atoms with Crippen molar-refractivity contribution in [3.8, 4) is 0 Å². The quantitative estimate of drug-likeness (QED) is 0.156. The second kappa shape index (κ2) is 13.2. The van der Waals surface area contributed by atoms with Crippen LogP contribution in [0.2, 0.25) is 0 Å². The molecule has 0 aliphatic carbocycles. The van der Waals surface area contributed by atoms with Crippen molar-refractivity contribution in [1.29, 1.82) is 0 Å². The van der Waals surface area contributed by atoms with Crippen LogP contribution in [0, 0.1) is 0 Å². The normalized spacial score (nSPS) is 13.2. The summed E-state index contributed by atoms with van der Waals surface area (Å²) in [6.07, 6.45) is -10.9. The minimum Gasteiger partial charge on any atom is -0.334 e. The molecule has 0 bridgehead atoms. The van der Waals surface area contributed by atoms with Crippen molar-refractivity contribution in [3.05, 3.63) is 0 Å². The summed E-state index contributed by atoms with van der Waals surface area (Å²) in [6, 6.07) is 0. The molecule has 0 rings (SSSR count). The smallest absolute Gasteiger partial charge is 0.334 e. The van der Waals surface area contributed by atoms with Crippen molar-refractivity contribution < 1.29 is 64.7 Å². The van der Waals surface area contributed by atoms with Crippen LogP contribution in [-0.2, 0) is 38.3 Å². The Morgan fingerprint density at radius 1 is 0.531 bits per heavy atom. The van der Waals surface area contributed by atoms with Gasteiger partial charge in [-0.15, -0.1) is 0 Å². The van der Waals surface area contributed by atoms with Crippen LogP contribution >= 0.6 is 0 Å². The number of ether oxygens (including phenoxy) is 4. The summed E-state index contributed by atoms with van der Waals surface area (Å²) in [4.78, 5) is 32.1. The van der Waals surface area contributed by atoms with E-state index >= 15 is 0 Å². The van der Waals surface area contributed by atoms with Gasteiger partial charge in [0.25, 0.3) is 0 Å². The van der Waals surface area contributed by atoms with Crippen molar-refractivity contribution in [2.24, 2.45) is 0 Å². The van der Waals surface area contributed by atoms with E-state index in [-0.39, 0.29) is 25.7 Å². The maximum absolute atomic E-state index is 13.6. The summed E-state index contributed by atoms with van der Waals surface area (Å²) in [5, 5.41) is 0. The third-order valence-electron chi connectivity index (χ3n) is 3.51. The number of hydrogen-bond donors (Lipinski definition) is 0. The lowest BCUT2D eigenvalue weighted by Crippen LogP contribution is -2.59. The van der Waals surface area contributed by atoms with Gasteiger partial charge in [0.2, 0.25) is 0 Å². The van der Waals surface area contributed by atoms with E-state index in [1.54, 1.807) is 0 Å². The Hall–Kier alpha value is -1.64. The van der Waals surface area contributed by atoms with Crippen LogP contribution < -0.4 is 0 Å². The highest BCUT2D eigenvalue weighted by molar-refractivity contribution is 5.82. The van der Waals surface area contributed by atoms with Crippen molar-refractivity contribution in [3.63, 3.8) is 0 Å². The average molecular weight is 486 g/mol. The van der Waals surface area contributed by atoms with Crippen molar-refractivity contribution in [1.82, 2.24) is 0 Å². The molecule has 0 aromatic heterocycles. The maximum atomic E-state index is 13.6. The molecule has 0 radical (unpaired) electrons. The summed E-state index contributed by atoms with van der Waals surface area (Å²) in [7, 11) is 0. The van der Waals surface area contributed by atoms with E-state index in [4.69, 9.17) is 0 Å². The van der Waals surface area contributed by atoms with Gasteiger partial charge in [-0.2, -0.15) is 26.3 Å². The number of halogens is 6. The highest BCUT2D eigenvalue weighted by Crippen LogP contribution is 2.39. The summed E-state index contributed by atoms with van der Waals surface area (Å²) >= 11 is 0. The highest BCUT2D eigenvalue weighted by Gasteiger charge is 2.68. The molecule has 0 N–H and O–H groups in total. The van der Waals surface area contributed by atoms with E-state index in [0.717, 1.165) is 0 Å². The van der Waals surface area contributed by atoms with Crippen LogP contribution in [0.4, 0.5) is 26.3 Å². The van der Waals surface area contributed by atoms with Gasteiger partial charge in [-0.25, -0.2) is 19.4 Å². The molecule has 0 aromatic carbocycles. The molecule has 0 fully saturated rings. The van der Waals surface area contributed by atoms with Crippen LogP contribution in [-0.4, -0.2) is 62.3 Å². The fourth-order valence-corrected chi connectivity index (χ4v) is 2.05. The zero-order chi connectivity index (χ0) is 25.1.